The monoisotopic (exact) mass is 186 g/mol. The fraction of sp³-hybridized carbons (Fsp3) is 1.00. The van der Waals surface area contributed by atoms with Gasteiger partial charge in [0.15, 0.2) is 0 Å². The molecule has 0 saturated heterocycles. The SMILES string of the molecule is COCOC1CCC2CCC(O)C21. The fourth-order valence-corrected chi connectivity index (χ4v) is 2.89. The average molecular weight is 186 g/mol. The molecular weight excluding hydrogens is 168 g/mol. The average Bonchev–Trinajstić information content (AvgIpc) is 2.67. The highest BCUT2D eigenvalue weighted by Gasteiger charge is 2.45. The second-order valence-electron chi connectivity index (χ2n) is 4.17. The molecule has 2 aliphatic carbocycles. The summed E-state index contributed by atoms with van der Waals surface area (Å²) in [6.45, 7) is 0.362. The van der Waals surface area contributed by atoms with Crippen LogP contribution in [0.3, 0.4) is 0 Å². The molecule has 0 aromatic rings. The molecule has 0 amide bonds. The molecule has 2 saturated carbocycles. The minimum absolute atomic E-state index is 0.130. The summed E-state index contributed by atoms with van der Waals surface area (Å²) < 4.78 is 10.4. The van der Waals surface area contributed by atoms with Crippen molar-refractivity contribution in [1.29, 1.82) is 0 Å². The number of aliphatic hydroxyl groups excluding tert-OH is 1. The minimum atomic E-state index is -0.130. The fourth-order valence-electron chi connectivity index (χ4n) is 2.89. The van der Waals surface area contributed by atoms with Crippen molar-refractivity contribution in [3.05, 3.63) is 0 Å². The Balaban J connectivity index is 1.90. The largest absolute Gasteiger partial charge is 0.393 e. The first-order valence-electron chi connectivity index (χ1n) is 5.11. The summed E-state index contributed by atoms with van der Waals surface area (Å²) in [4.78, 5) is 0. The van der Waals surface area contributed by atoms with Gasteiger partial charge in [-0.2, -0.15) is 0 Å². The van der Waals surface area contributed by atoms with Crippen LogP contribution in [0.25, 0.3) is 0 Å². The third kappa shape index (κ3) is 1.73. The second-order valence-corrected chi connectivity index (χ2v) is 4.17. The molecule has 2 fully saturated rings. The van der Waals surface area contributed by atoms with E-state index in [2.05, 4.69) is 0 Å². The van der Waals surface area contributed by atoms with Crippen LogP contribution in [0.5, 0.6) is 0 Å². The van der Waals surface area contributed by atoms with Gasteiger partial charge in [0.2, 0.25) is 0 Å². The van der Waals surface area contributed by atoms with Crippen LogP contribution in [0, 0.1) is 11.8 Å². The maximum Gasteiger partial charge on any atom is 0.146 e. The van der Waals surface area contributed by atoms with Gasteiger partial charge in [-0.15, -0.1) is 0 Å². The number of hydrogen-bond acceptors (Lipinski definition) is 3. The lowest BCUT2D eigenvalue weighted by atomic mass is 9.97. The van der Waals surface area contributed by atoms with E-state index in [1.165, 1.54) is 12.8 Å². The molecule has 0 aliphatic heterocycles. The van der Waals surface area contributed by atoms with Crippen molar-refractivity contribution in [2.75, 3.05) is 13.9 Å². The summed E-state index contributed by atoms with van der Waals surface area (Å²) in [7, 11) is 1.64. The summed E-state index contributed by atoms with van der Waals surface area (Å²) in [5, 5.41) is 9.75. The van der Waals surface area contributed by atoms with Crippen LogP contribution in [0.1, 0.15) is 25.7 Å². The maximum absolute atomic E-state index is 9.75. The van der Waals surface area contributed by atoms with Gasteiger partial charge in [0.1, 0.15) is 6.79 Å². The van der Waals surface area contributed by atoms with Gasteiger partial charge in [0.05, 0.1) is 12.2 Å². The minimum Gasteiger partial charge on any atom is -0.393 e. The molecule has 1 N–H and O–H groups in total. The highest BCUT2D eigenvalue weighted by atomic mass is 16.7. The molecule has 4 atom stereocenters. The predicted molar refractivity (Wildman–Crippen MR) is 48.2 cm³/mol. The lowest BCUT2D eigenvalue weighted by Crippen LogP contribution is -2.28. The quantitative estimate of drug-likeness (QED) is 0.672. The van der Waals surface area contributed by atoms with Crippen molar-refractivity contribution in [2.45, 2.75) is 37.9 Å². The van der Waals surface area contributed by atoms with Crippen LogP contribution in [-0.4, -0.2) is 31.2 Å². The van der Waals surface area contributed by atoms with Crippen LogP contribution >= 0.6 is 0 Å². The summed E-state index contributed by atoms with van der Waals surface area (Å²) in [6.07, 6.45) is 4.56. The first-order chi connectivity index (χ1) is 6.33. The van der Waals surface area contributed by atoms with E-state index in [4.69, 9.17) is 9.47 Å². The Morgan fingerprint density at radius 3 is 2.77 bits per heavy atom. The Labute approximate surface area is 79.0 Å². The molecule has 0 heterocycles. The number of fused-ring (bicyclic) bond motifs is 1. The first-order valence-corrected chi connectivity index (χ1v) is 5.11. The zero-order valence-corrected chi connectivity index (χ0v) is 8.11. The van der Waals surface area contributed by atoms with Crippen molar-refractivity contribution < 1.29 is 14.6 Å². The molecule has 13 heavy (non-hydrogen) atoms. The standard InChI is InChI=1S/C10H18O3/c1-12-6-13-9-5-3-7-2-4-8(11)10(7)9/h7-11H,2-6H2,1H3. The topological polar surface area (TPSA) is 38.7 Å². The van der Waals surface area contributed by atoms with Crippen molar-refractivity contribution >= 4 is 0 Å². The van der Waals surface area contributed by atoms with E-state index in [9.17, 15) is 5.11 Å². The number of rotatable bonds is 3. The summed E-state index contributed by atoms with van der Waals surface area (Å²) in [5.74, 6) is 1.09. The van der Waals surface area contributed by atoms with Crippen molar-refractivity contribution in [3.8, 4) is 0 Å². The molecule has 4 unspecified atom stereocenters. The van der Waals surface area contributed by atoms with Gasteiger partial charge in [-0.25, -0.2) is 0 Å². The summed E-state index contributed by atoms with van der Waals surface area (Å²) in [6, 6.07) is 0. The molecule has 3 heteroatoms. The first kappa shape index (κ1) is 9.44. The maximum atomic E-state index is 9.75. The van der Waals surface area contributed by atoms with Gasteiger partial charge < -0.3 is 14.6 Å². The van der Waals surface area contributed by atoms with E-state index in [0.29, 0.717) is 18.6 Å². The van der Waals surface area contributed by atoms with Gasteiger partial charge in [0.25, 0.3) is 0 Å². The van der Waals surface area contributed by atoms with Gasteiger partial charge >= 0.3 is 0 Å². The van der Waals surface area contributed by atoms with Crippen LogP contribution in [0.15, 0.2) is 0 Å². The van der Waals surface area contributed by atoms with Gasteiger partial charge in [-0.3, -0.25) is 0 Å². The lowest BCUT2D eigenvalue weighted by Gasteiger charge is -2.21. The second kappa shape index (κ2) is 3.95. The van der Waals surface area contributed by atoms with Crippen molar-refractivity contribution in [1.82, 2.24) is 0 Å². The van der Waals surface area contributed by atoms with Crippen LogP contribution in [-0.2, 0) is 9.47 Å². The molecule has 0 radical (unpaired) electrons. The summed E-state index contributed by atoms with van der Waals surface area (Å²) >= 11 is 0. The molecule has 0 aromatic heterocycles. The lowest BCUT2D eigenvalue weighted by molar-refractivity contribution is -0.0983. The molecule has 2 aliphatic rings. The molecule has 2 rings (SSSR count). The van der Waals surface area contributed by atoms with Crippen LogP contribution in [0.4, 0.5) is 0 Å². The zero-order valence-electron chi connectivity index (χ0n) is 8.11. The Morgan fingerprint density at radius 2 is 2.00 bits per heavy atom. The number of aliphatic hydroxyl groups is 1. The molecule has 3 nitrogen and oxygen atoms in total. The normalized spacial score (nSPS) is 43.8. The van der Waals surface area contributed by atoms with E-state index < -0.39 is 0 Å². The predicted octanol–water partition coefficient (Wildman–Crippen LogP) is 1.16. The highest BCUT2D eigenvalue weighted by molar-refractivity contribution is 4.95. The van der Waals surface area contributed by atoms with Crippen LogP contribution < -0.4 is 0 Å². The molecule has 0 spiro atoms. The van der Waals surface area contributed by atoms with E-state index in [1.807, 2.05) is 0 Å². The zero-order chi connectivity index (χ0) is 9.26. The van der Waals surface area contributed by atoms with Crippen molar-refractivity contribution in [2.24, 2.45) is 11.8 Å². The van der Waals surface area contributed by atoms with E-state index >= 15 is 0 Å². The Hall–Kier alpha value is -0.120. The molecular formula is C10H18O3. The molecule has 0 aromatic carbocycles. The third-order valence-corrected chi connectivity index (χ3v) is 3.47. The Bertz CT molecular complexity index is 172. The highest BCUT2D eigenvalue weighted by Crippen LogP contribution is 2.45. The smallest absolute Gasteiger partial charge is 0.146 e. The number of methoxy groups -OCH3 is 1. The van der Waals surface area contributed by atoms with Gasteiger partial charge in [0, 0.05) is 13.0 Å². The molecule has 76 valence electrons. The Morgan fingerprint density at radius 1 is 1.23 bits per heavy atom. The van der Waals surface area contributed by atoms with Gasteiger partial charge in [-0.05, 0) is 31.6 Å². The van der Waals surface area contributed by atoms with Gasteiger partial charge in [-0.1, -0.05) is 0 Å². The molecule has 0 bridgehead atoms. The van der Waals surface area contributed by atoms with E-state index in [0.717, 1.165) is 12.8 Å². The van der Waals surface area contributed by atoms with E-state index in [1.54, 1.807) is 7.11 Å². The third-order valence-electron chi connectivity index (χ3n) is 3.47. The Kier molecular flexibility index (Phi) is 2.86. The van der Waals surface area contributed by atoms with Crippen molar-refractivity contribution in [3.63, 3.8) is 0 Å². The van der Waals surface area contributed by atoms with Crippen LogP contribution in [0.2, 0.25) is 0 Å². The summed E-state index contributed by atoms with van der Waals surface area (Å²) in [5.41, 5.74) is 0. The number of hydrogen-bond donors (Lipinski definition) is 1. The number of ether oxygens (including phenoxy) is 2. The van der Waals surface area contributed by atoms with E-state index in [-0.39, 0.29) is 12.2 Å².